The number of hydrogen-bond donors (Lipinski definition) is 1. The topological polar surface area (TPSA) is 42.1 Å². The summed E-state index contributed by atoms with van der Waals surface area (Å²) in [5.41, 5.74) is 0.625. The van der Waals surface area contributed by atoms with E-state index in [0.29, 0.717) is 11.6 Å². The molecule has 0 aliphatic rings. The van der Waals surface area contributed by atoms with E-state index in [0.717, 1.165) is 19.3 Å². The first kappa shape index (κ1) is 12.2. The number of rotatable bonds is 4. The Morgan fingerprint density at radius 3 is 2.69 bits per heavy atom. The molecule has 3 nitrogen and oxygen atoms in total. The number of hydrogen-bond acceptors (Lipinski definition) is 2. The SMILES string of the molecule is COCCCCl.O=Cc1ccc[nH]1. The lowest BCUT2D eigenvalue weighted by Gasteiger charge is -1.88. The summed E-state index contributed by atoms with van der Waals surface area (Å²) >= 11 is 5.30. The van der Waals surface area contributed by atoms with Crippen molar-refractivity contribution in [3.8, 4) is 0 Å². The molecule has 0 aliphatic heterocycles. The Labute approximate surface area is 83.0 Å². The Bertz CT molecular complexity index is 195. The lowest BCUT2D eigenvalue weighted by Crippen LogP contribution is -1.86. The fourth-order valence-corrected chi connectivity index (χ4v) is 0.726. The molecule has 0 saturated heterocycles. The van der Waals surface area contributed by atoms with Crippen LogP contribution < -0.4 is 0 Å². The third-order valence-electron chi connectivity index (χ3n) is 1.23. The highest BCUT2D eigenvalue weighted by Gasteiger charge is 1.81. The minimum Gasteiger partial charge on any atom is -0.385 e. The van der Waals surface area contributed by atoms with Crippen molar-refractivity contribution in [2.24, 2.45) is 0 Å². The zero-order valence-corrected chi connectivity index (χ0v) is 8.38. The van der Waals surface area contributed by atoms with Crippen molar-refractivity contribution in [1.82, 2.24) is 4.98 Å². The molecule has 74 valence electrons. The number of methoxy groups -OCH3 is 1. The second kappa shape index (κ2) is 9.29. The monoisotopic (exact) mass is 203 g/mol. The molecule has 1 N–H and O–H groups in total. The molecule has 4 heteroatoms. The Hall–Kier alpha value is -0.800. The predicted molar refractivity (Wildman–Crippen MR) is 53.4 cm³/mol. The molecule has 0 saturated carbocycles. The van der Waals surface area contributed by atoms with Crippen LogP contribution in [0.1, 0.15) is 16.9 Å². The lowest BCUT2D eigenvalue weighted by atomic mass is 10.5. The van der Waals surface area contributed by atoms with Gasteiger partial charge in [-0.3, -0.25) is 4.79 Å². The minimum absolute atomic E-state index is 0.625. The van der Waals surface area contributed by atoms with Crippen molar-refractivity contribution in [1.29, 1.82) is 0 Å². The largest absolute Gasteiger partial charge is 0.385 e. The van der Waals surface area contributed by atoms with Crippen LogP contribution in [0.15, 0.2) is 18.3 Å². The Balaban J connectivity index is 0.000000226. The first-order chi connectivity index (χ1) is 6.35. The van der Waals surface area contributed by atoms with Gasteiger partial charge in [-0.25, -0.2) is 0 Å². The van der Waals surface area contributed by atoms with Crippen molar-refractivity contribution in [3.05, 3.63) is 24.0 Å². The molecule has 0 amide bonds. The van der Waals surface area contributed by atoms with E-state index in [4.69, 9.17) is 16.3 Å². The molecule has 1 heterocycles. The molecular formula is C9H14ClNO2. The van der Waals surface area contributed by atoms with Crippen molar-refractivity contribution in [2.45, 2.75) is 6.42 Å². The number of aldehydes is 1. The molecule has 0 bridgehead atoms. The van der Waals surface area contributed by atoms with Gasteiger partial charge in [0.1, 0.15) is 0 Å². The average Bonchev–Trinajstić information content (AvgIpc) is 2.68. The van der Waals surface area contributed by atoms with E-state index in [1.165, 1.54) is 0 Å². The molecule has 1 rings (SSSR count). The van der Waals surface area contributed by atoms with Crippen LogP contribution in [0.5, 0.6) is 0 Å². The summed E-state index contributed by atoms with van der Waals surface area (Å²) in [6.07, 6.45) is 3.45. The molecule has 0 aliphatic carbocycles. The number of alkyl halides is 1. The number of aromatic nitrogens is 1. The zero-order valence-electron chi connectivity index (χ0n) is 7.63. The summed E-state index contributed by atoms with van der Waals surface area (Å²) in [6.45, 7) is 0.781. The number of carbonyl (C=O) groups is 1. The van der Waals surface area contributed by atoms with Crippen LogP contribution in [0.2, 0.25) is 0 Å². The summed E-state index contributed by atoms with van der Waals surface area (Å²) in [4.78, 5) is 12.6. The highest BCUT2D eigenvalue weighted by atomic mass is 35.5. The smallest absolute Gasteiger partial charge is 0.166 e. The predicted octanol–water partition coefficient (Wildman–Crippen LogP) is 2.09. The molecule has 0 unspecified atom stereocenters. The standard InChI is InChI=1S/C5H5NO.C4H9ClO/c7-4-5-2-1-3-6-5;1-6-4-2-3-5/h1-4,6H;2-4H2,1H3. The molecule has 0 aromatic carbocycles. The van der Waals surface area contributed by atoms with Crippen LogP contribution in [0.4, 0.5) is 0 Å². The van der Waals surface area contributed by atoms with E-state index in [-0.39, 0.29) is 0 Å². The van der Waals surface area contributed by atoms with Crippen molar-refractivity contribution in [3.63, 3.8) is 0 Å². The highest BCUT2D eigenvalue weighted by molar-refractivity contribution is 6.17. The molecule has 13 heavy (non-hydrogen) atoms. The van der Waals surface area contributed by atoms with E-state index in [1.54, 1.807) is 25.4 Å². The minimum atomic E-state index is 0.625. The van der Waals surface area contributed by atoms with Crippen LogP contribution in [0.3, 0.4) is 0 Å². The van der Waals surface area contributed by atoms with E-state index in [9.17, 15) is 4.79 Å². The van der Waals surface area contributed by atoms with Crippen molar-refractivity contribution < 1.29 is 9.53 Å². The van der Waals surface area contributed by atoms with Gasteiger partial charge >= 0.3 is 0 Å². The third-order valence-corrected chi connectivity index (χ3v) is 1.50. The van der Waals surface area contributed by atoms with Gasteiger partial charge in [0.25, 0.3) is 0 Å². The molecule has 0 fully saturated rings. The quantitative estimate of drug-likeness (QED) is 0.463. The number of ether oxygens (including phenoxy) is 1. The highest BCUT2D eigenvalue weighted by Crippen LogP contribution is 1.85. The van der Waals surface area contributed by atoms with Crippen molar-refractivity contribution in [2.75, 3.05) is 19.6 Å². The normalized spacial score (nSPS) is 8.77. The van der Waals surface area contributed by atoms with Gasteiger partial charge in [-0.2, -0.15) is 0 Å². The Morgan fingerprint density at radius 2 is 2.46 bits per heavy atom. The fraction of sp³-hybridized carbons (Fsp3) is 0.444. The second-order valence-corrected chi connectivity index (χ2v) is 2.66. The van der Waals surface area contributed by atoms with Gasteiger partial charge in [-0.1, -0.05) is 0 Å². The summed E-state index contributed by atoms with van der Waals surface area (Å²) in [7, 11) is 1.67. The summed E-state index contributed by atoms with van der Waals surface area (Å²) < 4.78 is 4.70. The van der Waals surface area contributed by atoms with Gasteiger partial charge in [0.15, 0.2) is 6.29 Å². The van der Waals surface area contributed by atoms with E-state index in [1.807, 2.05) is 0 Å². The summed E-state index contributed by atoms with van der Waals surface area (Å²) in [5, 5.41) is 0. The van der Waals surface area contributed by atoms with E-state index >= 15 is 0 Å². The zero-order chi connectivity index (χ0) is 9.94. The van der Waals surface area contributed by atoms with Crippen molar-refractivity contribution >= 4 is 17.9 Å². The van der Waals surface area contributed by atoms with Gasteiger partial charge in [-0.05, 0) is 18.6 Å². The molecule has 0 atom stereocenters. The molecule has 1 aromatic heterocycles. The van der Waals surface area contributed by atoms with Gasteiger partial charge in [-0.15, -0.1) is 11.6 Å². The van der Waals surface area contributed by atoms with E-state index in [2.05, 4.69) is 4.98 Å². The first-order valence-electron chi connectivity index (χ1n) is 3.98. The number of H-pyrrole nitrogens is 1. The molecule has 0 spiro atoms. The van der Waals surface area contributed by atoms with Crippen LogP contribution >= 0.6 is 11.6 Å². The second-order valence-electron chi connectivity index (χ2n) is 2.28. The maximum atomic E-state index is 9.84. The fourth-order valence-electron chi connectivity index (χ4n) is 0.616. The average molecular weight is 204 g/mol. The Morgan fingerprint density at radius 1 is 1.69 bits per heavy atom. The number of carbonyl (C=O) groups excluding carboxylic acids is 1. The van der Waals surface area contributed by atoms with Gasteiger partial charge < -0.3 is 9.72 Å². The Kier molecular flexibility index (Phi) is 8.72. The number of aromatic amines is 1. The van der Waals surface area contributed by atoms with Gasteiger partial charge in [0, 0.05) is 25.8 Å². The van der Waals surface area contributed by atoms with E-state index < -0.39 is 0 Å². The number of halogens is 1. The molecule has 0 radical (unpaired) electrons. The van der Waals surface area contributed by atoms with Crippen LogP contribution in [0.25, 0.3) is 0 Å². The van der Waals surface area contributed by atoms with Gasteiger partial charge in [0.2, 0.25) is 0 Å². The third kappa shape index (κ3) is 7.56. The van der Waals surface area contributed by atoms with Crippen LogP contribution in [-0.2, 0) is 4.74 Å². The maximum absolute atomic E-state index is 9.84. The van der Waals surface area contributed by atoms with Crippen LogP contribution in [-0.4, -0.2) is 30.9 Å². The number of nitrogens with one attached hydrogen (secondary N) is 1. The maximum Gasteiger partial charge on any atom is 0.166 e. The van der Waals surface area contributed by atoms with Gasteiger partial charge in [0.05, 0.1) is 5.69 Å². The molecular weight excluding hydrogens is 190 g/mol. The summed E-state index contributed by atoms with van der Waals surface area (Å²) in [6, 6.07) is 3.50. The first-order valence-corrected chi connectivity index (χ1v) is 4.52. The van der Waals surface area contributed by atoms with Crippen LogP contribution in [0, 0.1) is 0 Å². The lowest BCUT2D eigenvalue weighted by molar-refractivity contribution is 0.111. The summed E-state index contributed by atoms with van der Waals surface area (Å²) in [5.74, 6) is 0.702. The molecule has 1 aromatic rings.